The van der Waals surface area contributed by atoms with E-state index in [9.17, 15) is 4.79 Å². The molecule has 1 fully saturated rings. The van der Waals surface area contributed by atoms with Crippen molar-refractivity contribution in [3.63, 3.8) is 0 Å². The van der Waals surface area contributed by atoms with Gasteiger partial charge in [0.05, 0.1) is 11.7 Å². The maximum atomic E-state index is 12.5. The van der Waals surface area contributed by atoms with Gasteiger partial charge in [-0.2, -0.15) is 0 Å². The summed E-state index contributed by atoms with van der Waals surface area (Å²) >= 11 is 0. The summed E-state index contributed by atoms with van der Waals surface area (Å²) in [6.07, 6.45) is 3.70. The highest BCUT2D eigenvalue weighted by molar-refractivity contribution is 5.98. The Bertz CT molecular complexity index is 436. The van der Waals surface area contributed by atoms with E-state index in [1.165, 1.54) is 0 Å². The van der Waals surface area contributed by atoms with Crippen LogP contribution in [0.5, 0.6) is 0 Å². The van der Waals surface area contributed by atoms with Crippen molar-refractivity contribution < 1.29 is 9.53 Å². The van der Waals surface area contributed by atoms with E-state index in [2.05, 4.69) is 10.4 Å². The number of hydrazine groups is 1. The number of nitrogens with two attached hydrogens (primary N) is 1. The fraction of sp³-hybridized carbons (Fsp3) is 0.538. The highest BCUT2D eigenvalue weighted by Gasteiger charge is 2.26. The molecule has 1 unspecified atom stereocenters. The van der Waals surface area contributed by atoms with E-state index >= 15 is 0 Å². The first-order valence-corrected chi connectivity index (χ1v) is 6.58. The van der Waals surface area contributed by atoms with Crippen LogP contribution in [0.2, 0.25) is 0 Å². The van der Waals surface area contributed by atoms with Crippen LogP contribution in [0.3, 0.4) is 0 Å². The van der Waals surface area contributed by atoms with Gasteiger partial charge in [0, 0.05) is 25.9 Å². The molecule has 1 aromatic heterocycles. The van der Waals surface area contributed by atoms with Gasteiger partial charge in [-0.1, -0.05) is 0 Å². The number of nitrogens with zero attached hydrogens (tertiary/aromatic N) is 2. The van der Waals surface area contributed by atoms with Gasteiger partial charge in [0.2, 0.25) is 0 Å². The lowest BCUT2D eigenvalue weighted by atomic mass is 10.1. The lowest BCUT2D eigenvalue weighted by Crippen LogP contribution is -2.43. The van der Waals surface area contributed by atoms with E-state index in [4.69, 9.17) is 10.6 Å². The lowest BCUT2D eigenvalue weighted by Gasteiger charge is -2.32. The van der Waals surface area contributed by atoms with Gasteiger partial charge in [-0.05, 0) is 31.9 Å². The Labute approximate surface area is 112 Å². The number of carbonyl (C=O) groups is 1. The van der Waals surface area contributed by atoms with Gasteiger partial charge in [-0.15, -0.1) is 0 Å². The molecule has 1 aromatic rings. The minimum atomic E-state index is -0.0505. The Balaban J connectivity index is 2.10. The van der Waals surface area contributed by atoms with Gasteiger partial charge in [0.1, 0.15) is 0 Å². The van der Waals surface area contributed by atoms with Gasteiger partial charge in [0.15, 0.2) is 5.82 Å². The predicted octanol–water partition coefficient (Wildman–Crippen LogP) is 1.01. The van der Waals surface area contributed by atoms with Crippen molar-refractivity contribution in [2.45, 2.75) is 25.9 Å². The van der Waals surface area contributed by atoms with E-state index in [0.717, 1.165) is 19.4 Å². The molecule has 3 N–H and O–H groups in total. The first-order valence-electron chi connectivity index (χ1n) is 6.58. The first kappa shape index (κ1) is 13.8. The number of amides is 1. The number of ether oxygens (including phenoxy) is 1. The van der Waals surface area contributed by atoms with Crippen molar-refractivity contribution in [1.82, 2.24) is 9.88 Å². The number of likely N-dealkylation sites (tertiary alicyclic amines) is 1. The van der Waals surface area contributed by atoms with Gasteiger partial charge < -0.3 is 15.1 Å². The third-order valence-corrected chi connectivity index (χ3v) is 3.24. The normalized spacial score (nSPS) is 19.3. The molecule has 6 heteroatoms. The molecule has 0 saturated carbocycles. The molecule has 1 atom stereocenters. The predicted molar refractivity (Wildman–Crippen MR) is 72.6 cm³/mol. The molecule has 1 saturated heterocycles. The third-order valence-electron chi connectivity index (χ3n) is 3.24. The summed E-state index contributed by atoms with van der Waals surface area (Å²) in [5.41, 5.74) is 2.96. The third kappa shape index (κ3) is 3.21. The van der Waals surface area contributed by atoms with Crippen molar-refractivity contribution in [3.8, 4) is 0 Å². The number of carbonyl (C=O) groups excluding carboxylic acids is 1. The zero-order valence-electron chi connectivity index (χ0n) is 11.1. The second kappa shape index (κ2) is 6.49. The number of hydrogen-bond acceptors (Lipinski definition) is 5. The van der Waals surface area contributed by atoms with E-state index in [1.54, 1.807) is 18.3 Å². The summed E-state index contributed by atoms with van der Waals surface area (Å²) in [6.45, 7) is 4.03. The Kier molecular flexibility index (Phi) is 4.70. The molecular formula is C13H20N4O2. The topological polar surface area (TPSA) is 80.5 Å². The second-order valence-corrected chi connectivity index (χ2v) is 4.51. The molecule has 6 nitrogen and oxygen atoms in total. The Hall–Kier alpha value is -1.66. The average molecular weight is 264 g/mol. The van der Waals surface area contributed by atoms with Gasteiger partial charge in [-0.3, -0.25) is 4.79 Å². The molecule has 2 heterocycles. The number of nitrogen functional groups attached to an aromatic ring is 1. The monoisotopic (exact) mass is 264 g/mol. The van der Waals surface area contributed by atoms with Crippen LogP contribution in [0.25, 0.3) is 0 Å². The minimum Gasteiger partial charge on any atom is -0.377 e. The molecule has 1 amide bonds. The number of rotatable bonds is 4. The van der Waals surface area contributed by atoms with Crippen LogP contribution in [0, 0.1) is 0 Å². The molecule has 0 bridgehead atoms. The summed E-state index contributed by atoms with van der Waals surface area (Å²) in [7, 11) is 0. The van der Waals surface area contributed by atoms with Gasteiger partial charge in [0.25, 0.3) is 5.91 Å². The van der Waals surface area contributed by atoms with E-state index in [-0.39, 0.29) is 12.0 Å². The molecule has 104 valence electrons. The maximum absolute atomic E-state index is 12.5. The van der Waals surface area contributed by atoms with Crippen LogP contribution in [0.15, 0.2) is 18.3 Å². The second-order valence-electron chi connectivity index (χ2n) is 4.51. The molecule has 1 aliphatic heterocycles. The van der Waals surface area contributed by atoms with E-state index < -0.39 is 0 Å². The molecule has 0 aromatic carbocycles. The fourth-order valence-corrected chi connectivity index (χ4v) is 2.36. The average Bonchev–Trinajstić information content (AvgIpc) is 2.47. The quantitative estimate of drug-likeness (QED) is 0.626. The van der Waals surface area contributed by atoms with E-state index in [1.807, 2.05) is 11.8 Å². The largest absolute Gasteiger partial charge is 0.377 e. The van der Waals surface area contributed by atoms with Crippen molar-refractivity contribution >= 4 is 11.7 Å². The molecule has 2 rings (SSSR count). The summed E-state index contributed by atoms with van der Waals surface area (Å²) in [6, 6.07) is 3.47. The first-order chi connectivity index (χ1) is 9.26. The number of anilines is 1. The summed E-state index contributed by atoms with van der Waals surface area (Å²) in [5, 5.41) is 0. The zero-order valence-corrected chi connectivity index (χ0v) is 11.1. The van der Waals surface area contributed by atoms with E-state index in [0.29, 0.717) is 24.5 Å². The molecule has 0 aliphatic carbocycles. The minimum absolute atomic E-state index is 0.0505. The van der Waals surface area contributed by atoms with Crippen molar-refractivity contribution in [1.29, 1.82) is 0 Å². The Morgan fingerprint density at radius 3 is 3.26 bits per heavy atom. The lowest BCUT2D eigenvalue weighted by molar-refractivity contribution is 0.00726. The molecule has 0 spiro atoms. The fourth-order valence-electron chi connectivity index (χ4n) is 2.36. The SMILES string of the molecule is CCOC1CCCN(C(=O)c2cccnc2NN)C1. The van der Waals surface area contributed by atoms with Crippen molar-refractivity contribution in [2.24, 2.45) is 5.84 Å². The molecule has 19 heavy (non-hydrogen) atoms. The highest BCUT2D eigenvalue weighted by atomic mass is 16.5. The Morgan fingerprint density at radius 1 is 1.68 bits per heavy atom. The Morgan fingerprint density at radius 2 is 2.53 bits per heavy atom. The van der Waals surface area contributed by atoms with Crippen LogP contribution in [-0.4, -0.2) is 41.6 Å². The standard InChI is InChI=1S/C13H20N4O2/c1-2-19-10-5-4-8-17(9-10)13(18)11-6-3-7-15-12(11)16-14/h3,6-7,10H,2,4-5,8-9,14H2,1H3,(H,15,16). The number of pyridine rings is 1. The van der Waals surface area contributed by atoms with Crippen LogP contribution < -0.4 is 11.3 Å². The number of aromatic nitrogens is 1. The van der Waals surface area contributed by atoms with Crippen LogP contribution in [-0.2, 0) is 4.74 Å². The number of hydrogen-bond donors (Lipinski definition) is 2. The zero-order chi connectivity index (χ0) is 13.7. The van der Waals surface area contributed by atoms with Crippen LogP contribution >= 0.6 is 0 Å². The van der Waals surface area contributed by atoms with Crippen molar-refractivity contribution in [2.75, 3.05) is 25.1 Å². The van der Waals surface area contributed by atoms with Crippen LogP contribution in [0.1, 0.15) is 30.1 Å². The van der Waals surface area contributed by atoms with Gasteiger partial charge in [-0.25, -0.2) is 10.8 Å². The summed E-state index contributed by atoms with van der Waals surface area (Å²) < 4.78 is 5.61. The van der Waals surface area contributed by atoms with Gasteiger partial charge >= 0.3 is 0 Å². The number of piperidine rings is 1. The summed E-state index contributed by atoms with van der Waals surface area (Å²) in [5.74, 6) is 5.74. The van der Waals surface area contributed by atoms with Crippen molar-refractivity contribution in [3.05, 3.63) is 23.9 Å². The molecular weight excluding hydrogens is 244 g/mol. The summed E-state index contributed by atoms with van der Waals surface area (Å²) in [4.78, 5) is 18.3. The molecule has 1 aliphatic rings. The number of nitrogens with one attached hydrogen (secondary N) is 1. The molecule has 0 radical (unpaired) electrons. The maximum Gasteiger partial charge on any atom is 0.257 e. The highest BCUT2D eigenvalue weighted by Crippen LogP contribution is 2.18. The van der Waals surface area contributed by atoms with Crippen LogP contribution in [0.4, 0.5) is 5.82 Å². The smallest absolute Gasteiger partial charge is 0.257 e.